The van der Waals surface area contributed by atoms with E-state index in [-0.39, 0.29) is 0 Å². The first-order chi connectivity index (χ1) is 18.3. The fraction of sp³-hybridized carbons (Fsp3) is 0.214. The standard InChI is InChI=1S/C28H28N8S/c1-2-12-29-22-10-8-21(9-11-22)25-17-34-28(37-25)24-7-3-6-23(35-24)18-36(19-26-30-13-4-14-31-26)20-27-32-15-5-16-33-27/h3-11,13-17,29H,2,12,18-20H2,1H3. The molecule has 0 radical (unpaired) electrons. The molecule has 0 saturated carbocycles. The Morgan fingerprint density at radius 1 is 0.757 bits per heavy atom. The van der Waals surface area contributed by atoms with Gasteiger partial charge in [-0.2, -0.15) is 0 Å². The number of benzene rings is 1. The van der Waals surface area contributed by atoms with E-state index < -0.39 is 0 Å². The van der Waals surface area contributed by atoms with Crippen LogP contribution in [0.15, 0.2) is 85.6 Å². The molecule has 0 aliphatic carbocycles. The van der Waals surface area contributed by atoms with Crippen molar-refractivity contribution in [1.82, 2.24) is 34.8 Å². The molecule has 37 heavy (non-hydrogen) atoms. The average Bonchev–Trinajstić information content (AvgIpc) is 3.44. The fourth-order valence-corrected chi connectivity index (χ4v) is 4.75. The van der Waals surface area contributed by atoms with E-state index in [9.17, 15) is 0 Å². The molecule has 0 saturated heterocycles. The summed E-state index contributed by atoms with van der Waals surface area (Å²) in [5.41, 5.74) is 4.09. The van der Waals surface area contributed by atoms with E-state index in [1.54, 1.807) is 36.1 Å². The Hall–Kier alpha value is -4.08. The van der Waals surface area contributed by atoms with Gasteiger partial charge in [0, 0.05) is 49.8 Å². The Kier molecular flexibility index (Phi) is 8.14. The molecule has 186 valence electrons. The predicted octanol–water partition coefficient (Wildman–Crippen LogP) is 5.48. The van der Waals surface area contributed by atoms with Gasteiger partial charge in [0.15, 0.2) is 0 Å². The first-order valence-corrected chi connectivity index (χ1v) is 13.1. The average molecular weight is 509 g/mol. The normalized spacial score (nSPS) is 11.1. The van der Waals surface area contributed by atoms with Crippen molar-refractivity contribution in [3.05, 3.63) is 103 Å². The lowest BCUT2D eigenvalue weighted by molar-refractivity contribution is 0.232. The number of hydrogen-bond acceptors (Lipinski definition) is 9. The van der Waals surface area contributed by atoms with Crippen molar-refractivity contribution in [2.24, 2.45) is 0 Å². The van der Waals surface area contributed by atoms with Gasteiger partial charge >= 0.3 is 0 Å². The van der Waals surface area contributed by atoms with Gasteiger partial charge in [-0.1, -0.05) is 25.1 Å². The van der Waals surface area contributed by atoms with Gasteiger partial charge in [0.25, 0.3) is 0 Å². The summed E-state index contributed by atoms with van der Waals surface area (Å²) in [6.45, 7) is 4.87. The van der Waals surface area contributed by atoms with Crippen molar-refractivity contribution >= 4 is 17.0 Å². The van der Waals surface area contributed by atoms with Gasteiger partial charge in [-0.3, -0.25) is 4.90 Å². The number of nitrogens with zero attached hydrogens (tertiary/aromatic N) is 7. The molecule has 0 aliphatic rings. The molecule has 9 heteroatoms. The van der Waals surface area contributed by atoms with Crippen LogP contribution in [0.4, 0.5) is 5.69 Å². The first kappa shape index (κ1) is 24.6. The van der Waals surface area contributed by atoms with Crippen LogP contribution in [0, 0.1) is 0 Å². The summed E-state index contributed by atoms with van der Waals surface area (Å²) >= 11 is 1.65. The molecule has 0 amide bonds. The van der Waals surface area contributed by atoms with Gasteiger partial charge < -0.3 is 5.32 Å². The summed E-state index contributed by atoms with van der Waals surface area (Å²) < 4.78 is 0. The van der Waals surface area contributed by atoms with Crippen LogP contribution in [0.25, 0.3) is 21.1 Å². The van der Waals surface area contributed by atoms with Crippen molar-refractivity contribution in [3.63, 3.8) is 0 Å². The highest BCUT2D eigenvalue weighted by molar-refractivity contribution is 7.18. The Bertz CT molecular complexity index is 1350. The van der Waals surface area contributed by atoms with E-state index in [1.807, 2.05) is 36.5 Å². The third kappa shape index (κ3) is 6.78. The lowest BCUT2D eigenvalue weighted by atomic mass is 10.2. The molecule has 0 unspecified atom stereocenters. The molecular formula is C28H28N8S. The second kappa shape index (κ2) is 12.2. The van der Waals surface area contributed by atoms with Crippen LogP contribution in [-0.4, -0.2) is 41.3 Å². The topological polar surface area (TPSA) is 92.6 Å². The van der Waals surface area contributed by atoms with Gasteiger partial charge in [0.1, 0.15) is 16.7 Å². The Morgan fingerprint density at radius 2 is 1.43 bits per heavy atom. The first-order valence-electron chi connectivity index (χ1n) is 12.3. The van der Waals surface area contributed by atoms with Crippen LogP contribution in [0.3, 0.4) is 0 Å². The number of thiazole rings is 1. The number of rotatable bonds is 11. The van der Waals surface area contributed by atoms with Crippen molar-refractivity contribution in [3.8, 4) is 21.1 Å². The van der Waals surface area contributed by atoms with Crippen molar-refractivity contribution in [1.29, 1.82) is 0 Å². The quantitative estimate of drug-likeness (QED) is 0.251. The van der Waals surface area contributed by atoms with Crippen LogP contribution in [-0.2, 0) is 19.6 Å². The summed E-state index contributed by atoms with van der Waals surface area (Å²) in [7, 11) is 0. The highest BCUT2D eigenvalue weighted by atomic mass is 32.1. The van der Waals surface area contributed by atoms with E-state index in [2.05, 4.69) is 66.3 Å². The Labute approximate surface area is 220 Å². The summed E-state index contributed by atoms with van der Waals surface area (Å²) in [5, 5.41) is 4.31. The maximum Gasteiger partial charge on any atom is 0.142 e. The third-order valence-electron chi connectivity index (χ3n) is 5.63. The highest BCUT2D eigenvalue weighted by Gasteiger charge is 2.14. The van der Waals surface area contributed by atoms with Gasteiger partial charge in [0.2, 0.25) is 0 Å². The molecule has 8 nitrogen and oxygen atoms in total. The SMILES string of the molecule is CCCNc1ccc(-c2cnc(-c3cccc(CN(Cc4ncccn4)Cc4ncccn4)n3)s2)cc1. The largest absolute Gasteiger partial charge is 0.385 e. The minimum absolute atomic E-state index is 0.565. The van der Waals surface area contributed by atoms with Crippen LogP contribution < -0.4 is 5.32 Å². The molecule has 5 rings (SSSR count). The fourth-order valence-electron chi connectivity index (χ4n) is 3.85. The van der Waals surface area contributed by atoms with Crippen molar-refractivity contribution < 1.29 is 0 Å². The molecule has 0 bridgehead atoms. The zero-order valence-corrected chi connectivity index (χ0v) is 21.5. The molecule has 0 aliphatic heterocycles. The smallest absolute Gasteiger partial charge is 0.142 e. The second-order valence-electron chi connectivity index (χ2n) is 8.52. The van der Waals surface area contributed by atoms with E-state index in [4.69, 9.17) is 4.98 Å². The lowest BCUT2D eigenvalue weighted by Gasteiger charge is -2.20. The number of hydrogen-bond donors (Lipinski definition) is 1. The van der Waals surface area contributed by atoms with E-state index in [0.29, 0.717) is 19.6 Å². The number of anilines is 1. The number of pyridine rings is 1. The Balaban J connectivity index is 1.32. The molecule has 4 aromatic heterocycles. The zero-order chi connectivity index (χ0) is 25.3. The van der Waals surface area contributed by atoms with Crippen LogP contribution in [0.1, 0.15) is 30.7 Å². The Morgan fingerprint density at radius 3 is 2.08 bits per heavy atom. The molecular weight excluding hydrogens is 480 g/mol. The highest BCUT2D eigenvalue weighted by Crippen LogP contribution is 2.32. The molecule has 1 aromatic carbocycles. The molecule has 5 aromatic rings. The maximum absolute atomic E-state index is 4.94. The van der Waals surface area contributed by atoms with Crippen molar-refractivity contribution in [2.45, 2.75) is 33.0 Å². The minimum Gasteiger partial charge on any atom is -0.385 e. The summed E-state index contributed by atoms with van der Waals surface area (Å²) in [4.78, 5) is 30.5. The molecule has 1 N–H and O–H groups in total. The lowest BCUT2D eigenvalue weighted by Crippen LogP contribution is -2.25. The van der Waals surface area contributed by atoms with E-state index >= 15 is 0 Å². The van der Waals surface area contributed by atoms with Crippen LogP contribution in [0.2, 0.25) is 0 Å². The van der Waals surface area contributed by atoms with E-state index in [0.717, 1.165) is 57.1 Å². The minimum atomic E-state index is 0.565. The summed E-state index contributed by atoms with van der Waals surface area (Å²) in [6, 6.07) is 18.2. The van der Waals surface area contributed by atoms with Gasteiger partial charge in [-0.15, -0.1) is 11.3 Å². The van der Waals surface area contributed by atoms with Crippen LogP contribution >= 0.6 is 11.3 Å². The van der Waals surface area contributed by atoms with Gasteiger partial charge in [-0.25, -0.2) is 29.9 Å². The van der Waals surface area contributed by atoms with Gasteiger partial charge in [-0.05, 0) is 48.4 Å². The number of aromatic nitrogens is 6. The van der Waals surface area contributed by atoms with E-state index in [1.165, 1.54) is 0 Å². The molecule has 0 atom stereocenters. The number of nitrogens with one attached hydrogen (secondary N) is 1. The summed E-state index contributed by atoms with van der Waals surface area (Å²) in [5.74, 6) is 1.49. The molecule has 0 fully saturated rings. The molecule has 4 heterocycles. The zero-order valence-electron chi connectivity index (χ0n) is 20.7. The van der Waals surface area contributed by atoms with Crippen molar-refractivity contribution in [2.75, 3.05) is 11.9 Å². The monoisotopic (exact) mass is 508 g/mol. The second-order valence-corrected chi connectivity index (χ2v) is 9.55. The summed E-state index contributed by atoms with van der Waals surface area (Å²) in [6.07, 6.45) is 10.1. The third-order valence-corrected chi connectivity index (χ3v) is 6.70. The van der Waals surface area contributed by atoms with Crippen LogP contribution in [0.5, 0.6) is 0 Å². The molecule has 0 spiro atoms. The predicted molar refractivity (Wildman–Crippen MR) is 147 cm³/mol. The van der Waals surface area contributed by atoms with Gasteiger partial charge in [0.05, 0.1) is 29.4 Å². The maximum atomic E-state index is 4.94.